The van der Waals surface area contributed by atoms with Gasteiger partial charge in [0.2, 0.25) is 5.88 Å². The normalized spacial score (nSPS) is 15.7. The smallest absolute Gasteiger partial charge is 0.315 e. The van der Waals surface area contributed by atoms with Gasteiger partial charge in [-0.15, -0.1) is 11.3 Å². The molecular weight excluding hydrogens is 332 g/mol. The number of aryl methyl sites for hydroxylation is 1. The number of anilines is 1. The lowest BCUT2D eigenvalue weighted by Gasteiger charge is -2.08. The van der Waals surface area contributed by atoms with Crippen molar-refractivity contribution in [1.82, 2.24) is 15.0 Å². The van der Waals surface area contributed by atoms with Crippen LogP contribution in [0.1, 0.15) is 40.3 Å². The van der Waals surface area contributed by atoms with Gasteiger partial charge in [0.15, 0.2) is 5.13 Å². The van der Waals surface area contributed by atoms with Crippen LogP contribution >= 0.6 is 11.3 Å². The summed E-state index contributed by atoms with van der Waals surface area (Å²) < 4.78 is 10.0. The molecule has 1 atom stereocenters. The molecule has 2 heterocycles. The molecule has 1 aliphatic carbocycles. The molecule has 0 radical (unpaired) electrons. The van der Waals surface area contributed by atoms with E-state index in [1.165, 1.54) is 30.8 Å². The highest BCUT2D eigenvalue weighted by atomic mass is 32.1. The zero-order valence-corrected chi connectivity index (χ0v) is 14.1. The van der Waals surface area contributed by atoms with Gasteiger partial charge in [-0.2, -0.15) is 0 Å². The van der Waals surface area contributed by atoms with Crippen molar-refractivity contribution in [2.24, 2.45) is 0 Å². The van der Waals surface area contributed by atoms with E-state index >= 15 is 0 Å². The molecular formula is C15H16N4O4S. The summed E-state index contributed by atoms with van der Waals surface area (Å²) in [5, 5.41) is 3.14. The first-order valence-corrected chi connectivity index (χ1v) is 8.27. The van der Waals surface area contributed by atoms with Crippen molar-refractivity contribution < 1.29 is 19.1 Å². The Kier molecular flexibility index (Phi) is 4.70. The number of carbonyl (C=O) groups is 2. The van der Waals surface area contributed by atoms with E-state index in [0.717, 1.165) is 11.3 Å². The molecule has 9 heteroatoms. The molecule has 1 amide bonds. The van der Waals surface area contributed by atoms with Gasteiger partial charge in [-0.25, -0.2) is 15.0 Å². The highest BCUT2D eigenvalue weighted by Crippen LogP contribution is 2.39. The maximum atomic E-state index is 12.2. The second-order valence-electron chi connectivity index (χ2n) is 5.07. The Balaban J connectivity index is 1.74. The third-order valence-corrected chi connectivity index (χ3v) is 4.64. The fourth-order valence-electron chi connectivity index (χ4n) is 2.49. The van der Waals surface area contributed by atoms with Crippen LogP contribution in [0.4, 0.5) is 5.13 Å². The Morgan fingerprint density at radius 3 is 3.00 bits per heavy atom. The molecule has 0 spiro atoms. The van der Waals surface area contributed by atoms with E-state index in [1.807, 2.05) is 0 Å². The summed E-state index contributed by atoms with van der Waals surface area (Å²) in [6.45, 7) is 2.12. The number of hydrogen-bond acceptors (Lipinski definition) is 8. The first kappa shape index (κ1) is 16.3. The third kappa shape index (κ3) is 3.21. The van der Waals surface area contributed by atoms with Crippen LogP contribution in [-0.4, -0.2) is 40.5 Å². The largest absolute Gasteiger partial charge is 0.481 e. The monoisotopic (exact) mass is 348 g/mol. The number of thiazole rings is 1. The molecule has 1 N–H and O–H groups in total. The van der Waals surface area contributed by atoms with E-state index in [9.17, 15) is 9.59 Å². The minimum absolute atomic E-state index is 0.180. The molecule has 1 aliphatic rings. The number of fused-ring (bicyclic) bond motifs is 1. The molecule has 1 unspecified atom stereocenters. The van der Waals surface area contributed by atoms with Gasteiger partial charge in [-0.1, -0.05) is 0 Å². The lowest BCUT2D eigenvalue weighted by atomic mass is 10.1. The molecule has 8 nitrogen and oxygen atoms in total. The second-order valence-corrected chi connectivity index (χ2v) is 6.15. The summed E-state index contributed by atoms with van der Waals surface area (Å²) in [5.41, 5.74) is 0.883. The average Bonchev–Trinajstić information content (AvgIpc) is 3.15. The fourth-order valence-corrected chi connectivity index (χ4v) is 3.52. The van der Waals surface area contributed by atoms with Gasteiger partial charge in [-0.3, -0.25) is 14.9 Å². The van der Waals surface area contributed by atoms with Crippen molar-refractivity contribution in [3.63, 3.8) is 0 Å². The molecule has 0 saturated carbocycles. The number of aromatic nitrogens is 3. The van der Waals surface area contributed by atoms with E-state index in [-0.39, 0.29) is 17.6 Å². The predicted molar refractivity (Wildman–Crippen MR) is 86.3 cm³/mol. The van der Waals surface area contributed by atoms with Gasteiger partial charge in [-0.05, 0) is 19.8 Å². The summed E-state index contributed by atoms with van der Waals surface area (Å²) in [5.74, 6) is -0.712. The van der Waals surface area contributed by atoms with Crippen LogP contribution in [0, 0.1) is 0 Å². The maximum Gasteiger partial charge on any atom is 0.315 e. The lowest BCUT2D eigenvalue weighted by Crippen LogP contribution is -2.16. The Hall–Kier alpha value is -2.55. The molecule has 0 aromatic carbocycles. The summed E-state index contributed by atoms with van der Waals surface area (Å²) in [7, 11) is 1.46. The molecule has 0 saturated heterocycles. The lowest BCUT2D eigenvalue weighted by molar-refractivity contribution is -0.145. The predicted octanol–water partition coefficient (Wildman–Crippen LogP) is 1.79. The molecule has 24 heavy (non-hydrogen) atoms. The first-order chi connectivity index (χ1) is 11.6. The quantitative estimate of drug-likeness (QED) is 0.822. The van der Waals surface area contributed by atoms with E-state index < -0.39 is 5.91 Å². The summed E-state index contributed by atoms with van der Waals surface area (Å²) >= 11 is 1.37. The zero-order valence-electron chi connectivity index (χ0n) is 13.2. The van der Waals surface area contributed by atoms with Crippen molar-refractivity contribution in [3.8, 4) is 5.88 Å². The van der Waals surface area contributed by atoms with Crippen molar-refractivity contribution in [3.05, 3.63) is 28.7 Å². The number of rotatable bonds is 5. The van der Waals surface area contributed by atoms with Crippen LogP contribution in [0.3, 0.4) is 0 Å². The molecule has 2 aromatic rings. The first-order valence-electron chi connectivity index (χ1n) is 7.46. The van der Waals surface area contributed by atoms with Crippen LogP contribution in [0.5, 0.6) is 5.88 Å². The highest BCUT2D eigenvalue weighted by Gasteiger charge is 2.33. The topological polar surface area (TPSA) is 103 Å². The molecule has 126 valence electrons. The van der Waals surface area contributed by atoms with Crippen molar-refractivity contribution in [1.29, 1.82) is 0 Å². The number of nitrogens with zero attached hydrogens (tertiary/aromatic N) is 3. The Morgan fingerprint density at radius 1 is 1.42 bits per heavy atom. The van der Waals surface area contributed by atoms with Crippen LogP contribution in [0.25, 0.3) is 0 Å². The molecule has 2 aromatic heterocycles. The van der Waals surface area contributed by atoms with Crippen molar-refractivity contribution >= 4 is 28.3 Å². The highest BCUT2D eigenvalue weighted by molar-refractivity contribution is 7.16. The van der Waals surface area contributed by atoms with Crippen LogP contribution < -0.4 is 10.1 Å². The third-order valence-electron chi connectivity index (χ3n) is 3.59. The average molecular weight is 348 g/mol. The maximum absolute atomic E-state index is 12.2. The van der Waals surface area contributed by atoms with E-state index in [2.05, 4.69) is 20.3 Å². The van der Waals surface area contributed by atoms with Crippen molar-refractivity contribution in [2.75, 3.05) is 19.0 Å². The Bertz CT molecular complexity index is 777. The minimum Gasteiger partial charge on any atom is -0.481 e. The number of ether oxygens (including phenoxy) is 2. The fraction of sp³-hybridized carbons (Fsp3) is 0.400. The second kappa shape index (κ2) is 6.91. The standard InChI is InChI=1S/C15H16N4O4S/c1-3-23-14(21)8-4-5-10-12(8)18-15(24-10)19-13(20)9-6-11(22-2)17-7-16-9/h6-8H,3-5H2,1-2H3,(H,18,19,20). The van der Waals surface area contributed by atoms with Gasteiger partial charge in [0, 0.05) is 10.9 Å². The SMILES string of the molecule is CCOC(=O)C1CCc2sc(NC(=O)c3cc(OC)ncn3)nc21. The van der Waals surface area contributed by atoms with Crippen LogP contribution in [0.15, 0.2) is 12.4 Å². The number of nitrogens with one attached hydrogen (secondary N) is 1. The van der Waals surface area contributed by atoms with Gasteiger partial charge >= 0.3 is 5.97 Å². The van der Waals surface area contributed by atoms with Gasteiger partial charge in [0.05, 0.1) is 19.4 Å². The molecule has 3 rings (SSSR count). The molecule has 0 aliphatic heterocycles. The molecule has 0 fully saturated rings. The number of hydrogen-bond donors (Lipinski definition) is 1. The van der Waals surface area contributed by atoms with E-state index in [0.29, 0.717) is 29.7 Å². The van der Waals surface area contributed by atoms with E-state index in [4.69, 9.17) is 9.47 Å². The number of carbonyl (C=O) groups excluding carboxylic acids is 2. The Labute approximate surface area is 142 Å². The Morgan fingerprint density at radius 2 is 2.25 bits per heavy atom. The number of esters is 1. The summed E-state index contributed by atoms with van der Waals surface area (Å²) in [6, 6.07) is 1.44. The molecule has 0 bridgehead atoms. The van der Waals surface area contributed by atoms with Gasteiger partial charge in [0.1, 0.15) is 17.9 Å². The van der Waals surface area contributed by atoms with Crippen LogP contribution in [0.2, 0.25) is 0 Å². The van der Waals surface area contributed by atoms with Gasteiger partial charge in [0.25, 0.3) is 5.91 Å². The number of amides is 1. The minimum atomic E-state index is -0.407. The van der Waals surface area contributed by atoms with E-state index in [1.54, 1.807) is 6.92 Å². The van der Waals surface area contributed by atoms with Gasteiger partial charge < -0.3 is 9.47 Å². The zero-order chi connectivity index (χ0) is 17.1. The van der Waals surface area contributed by atoms with Crippen LogP contribution in [-0.2, 0) is 16.0 Å². The summed E-state index contributed by atoms with van der Waals surface area (Å²) in [4.78, 5) is 37.4. The number of methoxy groups -OCH3 is 1. The summed E-state index contributed by atoms with van der Waals surface area (Å²) in [6.07, 6.45) is 2.71. The van der Waals surface area contributed by atoms with Crippen molar-refractivity contribution in [2.45, 2.75) is 25.7 Å².